The lowest BCUT2D eigenvalue weighted by Gasteiger charge is -2.36. The first kappa shape index (κ1) is 11.4. The van der Waals surface area contributed by atoms with Crippen LogP contribution < -0.4 is 4.90 Å². The molecular weight excluding hydrogens is 232 g/mol. The number of halogens is 1. The summed E-state index contributed by atoms with van der Waals surface area (Å²) in [4.78, 5) is 5.05. The molecule has 17 heavy (non-hydrogen) atoms. The molecular formula is C14H19ClN2. The van der Waals surface area contributed by atoms with E-state index in [-0.39, 0.29) is 0 Å². The van der Waals surface area contributed by atoms with E-state index in [4.69, 9.17) is 11.6 Å². The molecule has 1 aromatic carbocycles. The third-order valence-electron chi connectivity index (χ3n) is 3.76. The lowest BCUT2D eigenvalue weighted by atomic mass is 10.2. The van der Waals surface area contributed by atoms with Gasteiger partial charge in [0, 0.05) is 43.4 Å². The summed E-state index contributed by atoms with van der Waals surface area (Å²) in [5.74, 6) is 1.01. The first-order valence-corrected chi connectivity index (χ1v) is 6.92. The molecule has 3 rings (SSSR count). The molecule has 1 aliphatic heterocycles. The van der Waals surface area contributed by atoms with Crippen LogP contribution in [0.2, 0.25) is 5.02 Å². The Hall–Kier alpha value is -0.730. The van der Waals surface area contributed by atoms with Gasteiger partial charge in [0.15, 0.2) is 0 Å². The van der Waals surface area contributed by atoms with Crippen molar-refractivity contribution in [2.45, 2.75) is 12.8 Å². The van der Waals surface area contributed by atoms with Gasteiger partial charge in [-0.3, -0.25) is 4.90 Å². The van der Waals surface area contributed by atoms with Gasteiger partial charge in [-0.2, -0.15) is 0 Å². The summed E-state index contributed by atoms with van der Waals surface area (Å²) in [6, 6.07) is 8.20. The molecule has 0 atom stereocenters. The van der Waals surface area contributed by atoms with E-state index in [1.54, 1.807) is 0 Å². The number of hydrogen-bond donors (Lipinski definition) is 0. The van der Waals surface area contributed by atoms with E-state index >= 15 is 0 Å². The van der Waals surface area contributed by atoms with Crippen molar-refractivity contribution < 1.29 is 0 Å². The van der Waals surface area contributed by atoms with Gasteiger partial charge in [-0.25, -0.2) is 0 Å². The minimum atomic E-state index is 0.836. The molecule has 2 fully saturated rings. The number of anilines is 1. The Morgan fingerprint density at radius 3 is 2.53 bits per heavy atom. The quantitative estimate of drug-likeness (QED) is 0.814. The Balaban J connectivity index is 1.56. The van der Waals surface area contributed by atoms with E-state index < -0.39 is 0 Å². The minimum absolute atomic E-state index is 0.836. The van der Waals surface area contributed by atoms with E-state index in [1.165, 1.54) is 38.2 Å². The number of nitrogens with zero attached hydrogens (tertiary/aromatic N) is 2. The van der Waals surface area contributed by atoms with E-state index in [0.717, 1.165) is 24.0 Å². The van der Waals surface area contributed by atoms with Crippen molar-refractivity contribution in [2.24, 2.45) is 5.92 Å². The molecule has 1 aliphatic carbocycles. The Morgan fingerprint density at radius 2 is 1.88 bits per heavy atom. The molecule has 1 saturated heterocycles. The third kappa shape index (κ3) is 2.93. The molecule has 0 unspecified atom stereocenters. The Labute approximate surface area is 108 Å². The van der Waals surface area contributed by atoms with Gasteiger partial charge in [-0.1, -0.05) is 17.7 Å². The van der Waals surface area contributed by atoms with Crippen molar-refractivity contribution in [3.63, 3.8) is 0 Å². The lowest BCUT2D eigenvalue weighted by molar-refractivity contribution is 0.248. The highest BCUT2D eigenvalue weighted by molar-refractivity contribution is 6.30. The Kier molecular flexibility index (Phi) is 3.26. The summed E-state index contributed by atoms with van der Waals surface area (Å²) in [6.45, 7) is 5.98. The second-order valence-electron chi connectivity index (χ2n) is 5.21. The molecule has 3 heteroatoms. The maximum absolute atomic E-state index is 6.03. The first-order valence-electron chi connectivity index (χ1n) is 6.54. The minimum Gasteiger partial charge on any atom is -0.369 e. The second kappa shape index (κ2) is 4.87. The average Bonchev–Trinajstić information content (AvgIpc) is 3.14. The zero-order valence-corrected chi connectivity index (χ0v) is 10.9. The van der Waals surface area contributed by atoms with Crippen molar-refractivity contribution in [1.82, 2.24) is 4.90 Å². The van der Waals surface area contributed by atoms with Gasteiger partial charge in [0.05, 0.1) is 0 Å². The number of hydrogen-bond acceptors (Lipinski definition) is 2. The fraction of sp³-hybridized carbons (Fsp3) is 0.571. The summed E-state index contributed by atoms with van der Waals surface area (Å²) >= 11 is 6.03. The summed E-state index contributed by atoms with van der Waals surface area (Å²) in [5, 5.41) is 0.836. The van der Waals surface area contributed by atoms with E-state index in [9.17, 15) is 0 Å². The molecule has 0 N–H and O–H groups in total. The standard InChI is InChI=1S/C14H19ClN2/c15-13-2-1-3-14(10-13)17-8-6-16(7-9-17)11-12-4-5-12/h1-3,10,12H,4-9,11H2. The molecule has 0 aromatic heterocycles. The van der Waals surface area contributed by atoms with E-state index in [1.807, 2.05) is 12.1 Å². The van der Waals surface area contributed by atoms with Gasteiger partial charge in [0.25, 0.3) is 0 Å². The maximum Gasteiger partial charge on any atom is 0.0426 e. The van der Waals surface area contributed by atoms with Gasteiger partial charge >= 0.3 is 0 Å². The molecule has 0 amide bonds. The van der Waals surface area contributed by atoms with Crippen molar-refractivity contribution in [3.8, 4) is 0 Å². The SMILES string of the molecule is Clc1cccc(N2CCN(CC3CC3)CC2)c1. The molecule has 2 nitrogen and oxygen atoms in total. The van der Waals surface area contributed by atoms with Crippen LogP contribution in [0.5, 0.6) is 0 Å². The molecule has 1 aromatic rings. The fourth-order valence-electron chi connectivity index (χ4n) is 2.53. The summed E-state index contributed by atoms with van der Waals surface area (Å²) in [5.41, 5.74) is 1.27. The zero-order chi connectivity index (χ0) is 11.7. The largest absolute Gasteiger partial charge is 0.369 e. The first-order chi connectivity index (χ1) is 8.31. The van der Waals surface area contributed by atoms with Gasteiger partial charge in [0.1, 0.15) is 0 Å². The van der Waals surface area contributed by atoms with Gasteiger partial charge < -0.3 is 4.90 Å². The number of rotatable bonds is 3. The zero-order valence-electron chi connectivity index (χ0n) is 10.1. The predicted octanol–water partition coefficient (Wildman–Crippen LogP) is 2.87. The van der Waals surface area contributed by atoms with Crippen LogP contribution in [0.1, 0.15) is 12.8 Å². The number of benzene rings is 1. The smallest absolute Gasteiger partial charge is 0.0426 e. The van der Waals surface area contributed by atoms with Crippen LogP contribution in [0.15, 0.2) is 24.3 Å². The molecule has 1 heterocycles. The molecule has 0 radical (unpaired) electrons. The molecule has 0 bridgehead atoms. The summed E-state index contributed by atoms with van der Waals surface area (Å²) < 4.78 is 0. The summed E-state index contributed by atoms with van der Waals surface area (Å²) in [7, 11) is 0. The van der Waals surface area contributed by atoms with Crippen molar-refractivity contribution in [3.05, 3.63) is 29.3 Å². The van der Waals surface area contributed by atoms with Crippen molar-refractivity contribution in [2.75, 3.05) is 37.6 Å². The monoisotopic (exact) mass is 250 g/mol. The number of piperazine rings is 1. The van der Waals surface area contributed by atoms with Gasteiger partial charge in [0.2, 0.25) is 0 Å². The summed E-state index contributed by atoms with van der Waals surface area (Å²) in [6.07, 6.45) is 2.91. The second-order valence-corrected chi connectivity index (χ2v) is 5.65. The molecule has 92 valence electrons. The predicted molar refractivity (Wildman–Crippen MR) is 72.8 cm³/mol. The average molecular weight is 251 g/mol. The van der Waals surface area contributed by atoms with Crippen LogP contribution in [0.4, 0.5) is 5.69 Å². The van der Waals surface area contributed by atoms with Crippen LogP contribution in [0.25, 0.3) is 0 Å². The lowest BCUT2D eigenvalue weighted by Crippen LogP contribution is -2.47. The third-order valence-corrected chi connectivity index (χ3v) is 3.99. The molecule has 0 spiro atoms. The van der Waals surface area contributed by atoms with Crippen LogP contribution >= 0.6 is 11.6 Å². The Morgan fingerprint density at radius 1 is 1.12 bits per heavy atom. The van der Waals surface area contributed by atoms with Gasteiger partial charge in [-0.15, -0.1) is 0 Å². The topological polar surface area (TPSA) is 6.48 Å². The fourth-order valence-corrected chi connectivity index (χ4v) is 2.71. The van der Waals surface area contributed by atoms with Crippen LogP contribution in [-0.4, -0.2) is 37.6 Å². The molecule has 1 saturated carbocycles. The van der Waals surface area contributed by atoms with Gasteiger partial charge in [-0.05, 0) is 37.0 Å². The van der Waals surface area contributed by atoms with Crippen molar-refractivity contribution >= 4 is 17.3 Å². The highest BCUT2D eigenvalue weighted by Gasteiger charge is 2.26. The highest BCUT2D eigenvalue weighted by atomic mass is 35.5. The molecule has 2 aliphatic rings. The maximum atomic E-state index is 6.03. The highest BCUT2D eigenvalue weighted by Crippen LogP contribution is 2.30. The normalized spacial score (nSPS) is 21.8. The Bertz CT molecular complexity index is 382. The van der Waals surface area contributed by atoms with E-state index in [0.29, 0.717) is 0 Å². The van der Waals surface area contributed by atoms with Crippen LogP contribution in [0.3, 0.4) is 0 Å². The van der Waals surface area contributed by atoms with E-state index in [2.05, 4.69) is 21.9 Å². The van der Waals surface area contributed by atoms with Crippen LogP contribution in [0, 0.1) is 5.92 Å². The van der Waals surface area contributed by atoms with Crippen molar-refractivity contribution in [1.29, 1.82) is 0 Å². The van der Waals surface area contributed by atoms with Crippen LogP contribution in [-0.2, 0) is 0 Å².